The predicted octanol–water partition coefficient (Wildman–Crippen LogP) is 2.90. The van der Waals surface area contributed by atoms with Crippen molar-refractivity contribution in [2.24, 2.45) is 7.05 Å². The van der Waals surface area contributed by atoms with Crippen LogP contribution in [0.3, 0.4) is 0 Å². The fourth-order valence-electron chi connectivity index (χ4n) is 2.92. The minimum absolute atomic E-state index is 0.0158. The van der Waals surface area contributed by atoms with Gasteiger partial charge in [-0.25, -0.2) is 0 Å². The summed E-state index contributed by atoms with van der Waals surface area (Å²) >= 11 is 0. The zero-order chi connectivity index (χ0) is 19.4. The average molecular weight is 355 g/mol. The smallest absolute Gasteiger partial charge is 0.274 e. The Kier molecular flexibility index (Phi) is 5.97. The van der Waals surface area contributed by atoms with Crippen molar-refractivity contribution in [1.29, 1.82) is 0 Å². The number of pyridine rings is 1. The van der Waals surface area contributed by atoms with E-state index >= 15 is 0 Å². The average Bonchev–Trinajstić information content (AvgIpc) is 2.58. The maximum absolute atomic E-state index is 12.9. The maximum Gasteiger partial charge on any atom is 0.274 e. The molecule has 0 bridgehead atoms. The van der Waals surface area contributed by atoms with Gasteiger partial charge in [-0.3, -0.25) is 14.4 Å². The molecule has 0 spiro atoms. The number of hydrogen-bond donors (Lipinski definition) is 1. The number of amides is 2. The molecule has 1 heterocycles. The number of benzene rings is 1. The second kappa shape index (κ2) is 7.99. The van der Waals surface area contributed by atoms with Crippen LogP contribution in [-0.4, -0.2) is 33.4 Å². The van der Waals surface area contributed by atoms with Crippen LogP contribution in [0.5, 0.6) is 0 Å². The minimum Gasteiger partial charge on any atom is -0.334 e. The van der Waals surface area contributed by atoms with Gasteiger partial charge in [0.1, 0.15) is 5.69 Å². The third-order valence-corrected chi connectivity index (χ3v) is 4.06. The SMILES string of the molecule is CC(C)N(C(=O)c1cc(NC(=O)c2ccccc2)c(=O)n(C)c1)C(C)C. The highest BCUT2D eigenvalue weighted by Crippen LogP contribution is 2.14. The topological polar surface area (TPSA) is 71.4 Å². The highest BCUT2D eigenvalue weighted by molar-refractivity contribution is 6.05. The molecule has 0 atom stereocenters. The van der Waals surface area contributed by atoms with Crippen molar-refractivity contribution in [3.63, 3.8) is 0 Å². The van der Waals surface area contributed by atoms with E-state index in [4.69, 9.17) is 0 Å². The number of aromatic nitrogens is 1. The molecule has 26 heavy (non-hydrogen) atoms. The standard InChI is InChI=1S/C20H25N3O3/c1-13(2)23(14(3)4)19(25)16-11-17(20(26)22(5)12-16)21-18(24)15-9-7-6-8-10-15/h6-14H,1-5H3,(H,21,24). The molecule has 0 unspecified atom stereocenters. The van der Waals surface area contributed by atoms with E-state index in [2.05, 4.69) is 5.32 Å². The van der Waals surface area contributed by atoms with Crippen molar-refractivity contribution in [3.05, 3.63) is 64.1 Å². The molecular weight excluding hydrogens is 330 g/mol. The Hall–Kier alpha value is -2.89. The first kappa shape index (κ1) is 19.4. The van der Waals surface area contributed by atoms with E-state index < -0.39 is 5.91 Å². The number of hydrogen-bond acceptors (Lipinski definition) is 3. The molecule has 0 saturated heterocycles. The van der Waals surface area contributed by atoms with E-state index in [1.165, 1.54) is 16.8 Å². The van der Waals surface area contributed by atoms with Crippen LogP contribution in [0.4, 0.5) is 5.69 Å². The lowest BCUT2D eigenvalue weighted by Gasteiger charge is -2.31. The molecule has 0 aliphatic carbocycles. The number of nitrogens with one attached hydrogen (secondary N) is 1. The highest BCUT2D eigenvalue weighted by atomic mass is 16.2. The summed E-state index contributed by atoms with van der Waals surface area (Å²) in [4.78, 5) is 39.4. The molecule has 1 N–H and O–H groups in total. The minimum atomic E-state index is -0.392. The van der Waals surface area contributed by atoms with E-state index in [0.717, 1.165) is 0 Å². The first-order chi connectivity index (χ1) is 12.2. The zero-order valence-electron chi connectivity index (χ0n) is 15.8. The molecule has 2 amide bonds. The molecule has 1 aromatic heterocycles. The number of carbonyl (C=O) groups is 2. The van der Waals surface area contributed by atoms with Gasteiger partial charge in [-0.05, 0) is 45.9 Å². The van der Waals surface area contributed by atoms with Gasteiger partial charge in [0.25, 0.3) is 17.4 Å². The third-order valence-electron chi connectivity index (χ3n) is 4.06. The van der Waals surface area contributed by atoms with E-state index in [9.17, 15) is 14.4 Å². The molecule has 0 aliphatic rings. The molecule has 2 aromatic rings. The first-order valence-corrected chi connectivity index (χ1v) is 8.62. The Labute approximate surface area is 153 Å². The van der Waals surface area contributed by atoms with Crippen LogP contribution in [0.1, 0.15) is 48.4 Å². The third kappa shape index (κ3) is 4.20. The van der Waals surface area contributed by atoms with Crippen LogP contribution in [0.2, 0.25) is 0 Å². The van der Waals surface area contributed by atoms with E-state index in [1.807, 2.05) is 33.8 Å². The van der Waals surface area contributed by atoms with Gasteiger partial charge in [0.15, 0.2) is 0 Å². The molecular formula is C20H25N3O3. The Bertz CT molecular complexity index is 846. The normalized spacial score (nSPS) is 10.9. The molecule has 1 aromatic carbocycles. The Morgan fingerprint density at radius 3 is 2.12 bits per heavy atom. The van der Waals surface area contributed by atoms with Gasteiger partial charge in [0.05, 0.1) is 5.56 Å². The van der Waals surface area contributed by atoms with Gasteiger partial charge in [0, 0.05) is 30.9 Å². The molecule has 6 nitrogen and oxygen atoms in total. The Balaban J connectivity index is 2.39. The second-order valence-electron chi connectivity index (χ2n) is 6.78. The van der Waals surface area contributed by atoms with Crippen LogP contribution in [-0.2, 0) is 7.05 Å². The van der Waals surface area contributed by atoms with Crippen molar-refractivity contribution >= 4 is 17.5 Å². The number of nitrogens with zero attached hydrogens (tertiary/aromatic N) is 2. The van der Waals surface area contributed by atoms with Gasteiger partial charge >= 0.3 is 0 Å². The predicted molar refractivity (Wildman–Crippen MR) is 103 cm³/mol. The van der Waals surface area contributed by atoms with Gasteiger partial charge in [-0.1, -0.05) is 18.2 Å². The largest absolute Gasteiger partial charge is 0.334 e. The van der Waals surface area contributed by atoms with Crippen molar-refractivity contribution < 1.29 is 9.59 Å². The van der Waals surface area contributed by atoms with E-state index in [-0.39, 0.29) is 29.2 Å². The fourth-order valence-corrected chi connectivity index (χ4v) is 2.92. The summed E-state index contributed by atoms with van der Waals surface area (Å²) in [6.45, 7) is 7.77. The van der Waals surface area contributed by atoms with E-state index in [1.54, 1.807) is 36.2 Å². The summed E-state index contributed by atoms with van der Waals surface area (Å²) in [6, 6.07) is 10.1. The van der Waals surface area contributed by atoms with E-state index in [0.29, 0.717) is 11.1 Å². The number of rotatable bonds is 5. The highest BCUT2D eigenvalue weighted by Gasteiger charge is 2.23. The summed E-state index contributed by atoms with van der Waals surface area (Å²) in [5.41, 5.74) is 0.515. The summed E-state index contributed by atoms with van der Waals surface area (Å²) in [5.74, 6) is -0.572. The molecule has 0 saturated carbocycles. The van der Waals surface area contributed by atoms with Crippen molar-refractivity contribution in [1.82, 2.24) is 9.47 Å². The van der Waals surface area contributed by atoms with Crippen LogP contribution in [0.15, 0.2) is 47.4 Å². The molecule has 2 rings (SSSR count). The maximum atomic E-state index is 12.9. The quantitative estimate of drug-likeness (QED) is 0.896. The molecule has 0 aliphatic heterocycles. The lowest BCUT2D eigenvalue weighted by atomic mass is 10.1. The zero-order valence-corrected chi connectivity index (χ0v) is 15.8. The van der Waals surface area contributed by atoms with Gasteiger partial charge in [-0.2, -0.15) is 0 Å². The summed E-state index contributed by atoms with van der Waals surface area (Å²) in [6.07, 6.45) is 1.50. The lowest BCUT2D eigenvalue weighted by molar-refractivity contribution is 0.0642. The second-order valence-corrected chi connectivity index (χ2v) is 6.78. The molecule has 6 heteroatoms. The summed E-state index contributed by atoms with van der Waals surface area (Å²) < 4.78 is 1.31. The van der Waals surface area contributed by atoms with Crippen LogP contribution in [0, 0.1) is 0 Å². The van der Waals surface area contributed by atoms with Crippen LogP contribution >= 0.6 is 0 Å². The van der Waals surface area contributed by atoms with Gasteiger partial charge in [0.2, 0.25) is 0 Å². The van der Waals surface area contributed by atoms with Crippen molar-refractivity contribution in [2.45, 2.75) is 39.8 Å². The Morgan fingerprint density at radius 2 is 1.58 bits per heavy atom. The number of carbonyl (C=O) groups excluding carboxylic acids is 2. The number of aryl methyl sites for hydroxylation is 1. The molecule has 0 radical (unpaired) electrons. The van der Waals surface area contributed by atoms with Crippen molar-refractivity contribution in [2.75, 3.05) is 5.32 Å². The van der Waals surface area contributed by atoms with Crippen LogP contribution < -0.4 is 10.9 Å². The lowest BCUT2D eigenvalue weighted by Crippen LogP contribution is -2.42. The monoisotopic (exact) mass is 355 g/mol. The van der Waals surface area contributed by atoms with Gasteiger partial charge in [-0.15, -0.1) is 0 Å². The van der Waals surface area contributed by atoms with Crippen LogP contribution in [0.25, 0.3) is 0 Å². The van der Waals surface area contributed by atoms with Crippen molar-refractivity contribution in [3.8, 4) is 0 Å². The Morgan fingerprint density at radius 1 is 1.00 bits per heavy atom. The first-order valence-electron chi connectivity index (χ1n) is 8.62. The molecule has 0 fully saturated rings. The number of anilines is 1. The van der Waals surface area contributed by atoms with Gasteiger partial charge < -0.3 is 14.8 Å². The summed E-state index contributed by atoms with van der Waals surface area (Å²) in [5, 5.41) is 2.62. The fraction of sp³-hybridized carbons (Fsp3) is 0.350. The summed E-state index contributed by atoms with van der Waals surface area (Å²) in [7, 11) is 1.56. The molecule has 138 valence electrons.